The molecule has 1 N–H and O–H groups in total. The molecule has 0 aromatic carbocycles. The summed E-state index contributed by atoms with van der Waals surface area (Å²) in [7, 11) is 1.92. The van der Waals surface area contributed by atoms with E-state index in [2.05, 4.69) is 10.4 Å². The molecule has 1 spiro atoms. The molecule has 1 aromatic heterocycles. The third-order valence-corrected chi connectivity index (χ3v) is 6.60. The van der Waals surface area contributed by atoms with E-state index in [4.69, 9.17) is 4.74 Å². The molecule has 0 unspecified atom stereocenters. The van der Waals surface area contributed by atoms with Crippen LogP contribution in [0, 0.1) is 5.92 Å². The molecule has 2 aliphatic heterocycles. The lowest BCUT2D eigenvalue weighted by atomic mass is 9.83. The van der Waals surface area contributed by atoms with E-state index in [0.717, 1.165) is 62.9 Å². The van der Waals surface area contributed by atoms with Crippen LogP contribution in [0.25, 0.3) is 0 Å². The van der Waals surface area contributed by atoms with Crippen molar-refractivity contribution < 1.29 is 14.3 Å². The van der Waals surface area contributed by atoms with Crippen molar-refractivity contribution in [2.45, 2.75) is 69.6 Å². The number of hydrogen-bond donors (Lipinski definition) is 1. The Morgan fingerprint density at radius 2 is 1.96 bits per heavy atom. The standard InChI is InChI=1S/C20H28N4O3/c1-23-16-11-20(6-8-24(9-7-20)17(25)10-13-2-3-13)27-12-15(16)18(22-23)19(26)21-14-4-5-14/h13-14H,2-12H2,1H3,(H,21,26). The lowest BCUT2D eigenvalue weighted by Crippen LogP contribution is -2.50. The minimum absolute atomic E-state index is 0.0746. The van der Waals surface area contributed by atoms with Gasteiger partial charge in [0, 0.05) is 50.3 Å². The van der Waals surface area contributed by atoms with Gasteiger partial charge in [0.2, 0.25) is 5.91 Å². The van der Waals surface area contributed by atoms with Gasteiger partial charge in [-0.05, 0) is 44.4 Å². The van der Waals surface area contributed by atoms with Gasteiger partial charge in [0.25, 0.3) is 5.91 Å². The molecule has 0 atom stereocenters. The van der Waals surface area contributed by atoms with E-state index in [1.165, 1.54) is 12.8 Å². The van der Waals surface area contributed by atoms with Crippen LogP contribution in [-0.2, 0) is 29.6 Å². The minimum Gasteiger partial charge on any atom is -0.370 e. The highest BCUT2D eigenvalue weighted by Gasteiger charge is 2.43. The summed E-state index contributed by atoms with van der Waals surface area (Å²) in [4.78, 5) is 26.9. The molecule has 3 heterocycles. The Morgan fingerprint density at radius 1 is 1.22 bits per heavy atom. The molecule has 2 aliphatic carbocycles. The maximum atomic E-state index is 12.5. The van der Waals surface area contributed by atoms with Gasteiger partial charge in [-0.25, -0.2) is 0 Å². The van der Waals surface area contributed by atoms with Crippen LogP contribution in [0.1, 0.15) is 66.7 Å². The van der Waals surface area contributed by atoms with Crippen LogP contribution < -0.4 is 5.32 Å². The second-order valence-electron chi connectivity index (χ2n) is 8.82. The van der Waals surface area contributed by atoms with E-state index in [0.29, 0.717) is 30.2 Å². The highest BCUT2D eigenvalue weighted by Crippen LogP contribution is 2.38. The number of nitrogens with one attached hydrogen (secondary N) is 1. The lowest BCUT2D eigenvalue weighted by molar-refractivity contribution is -0.141. The first-order chi connectivity index (χ1) is 13.0. The van der Waals surface area contributed by atoms with Gasteiger partial charge in [-0.15, -0.1) is 0 Å². The van der Waals surface area contributed by atoms with Crippen molar-refractivity contribution in [1.82, 2.24) is 20.0 Å². The Balaban J connectivity index is 1.26. The van der Waals surface area contributed by atoms with E-state index in [-0.39, 0.29) is 11.5 Å². The predicted octanol–water partition coefficient (Wildman–Crippen LogP) is 1.55. The Hall–Kier alpha value is -1.89. The van der Waals surface area contributed by atoms with Crippen LogP contribution in [0.15, 0.2) is 0 Å². The van der Waals surface area contributed by atoms with Crippen molar-refractivity contribution in [2.75, 3.05) is 13.1 Å². The average Bonchev–Trinajstić information content (AvgIpc) is 3.58. The quantitative estimate of drug-likeness (QED) is 0.870. The summed E-state index contributed by atoms with van der Waals surface area (Å²) in [5.74, 6) is 0.870. The second kappa shape index (κ2) is 6.33. The van der Waals surface area contributed by atoms with E-state index in [9.17, 15) is 9.59 Å². The number of fused-ring (bicyclic) bond motifs is 1. The van der Waals surface area contributed by atoms with Gasteiger partial charge in [-0.3, -0.25) is 14.3 Å². The summed E-state index contributed by atoms with van der Waals surface area (Å²) in [6, 6.07) is 0.323. The average molecular weight is 372 g/mol. The largest absolute Gasteiger partial charge is 0.370 e. The number of aromatic nitrogens is 2. The molecule has 7 nitrogen and oxygen atoms in total. The molecule has 27 heavy (non-hydrogen) atoms. The summed E-state index contributed by atoms with van der Waals surface area (Å²) >= 11 is 0. The SMILES string of the molecule is Cn1nc(C(=O)NC2CC2)c2c1CC1(CCN(C(=O)CC3CC3)CC1)OC2. The van der Waals surface area contributed by atoms with Crippen LogP contribution in [0.3, 0.4) is 0 Å². The molecule has 0 bridgehead atoms. The number of carbonyl (C=O) groups excluding carboxylic acids is 2. The maximum absolute atomic E-state index is 12.5. The zero-order valence-electron chi connectivity index (χ0n) is 16.0. The fourth-order valence-electron chi connectivity index (χ4n) is 4.40. The highest BCUT2D eigenvalue weighted by atomic mass is 16.5. The fourth-order valence-corrected chi connectivity index (χ4v) is 4.40. The highest BCUT2D eigenvalue weighted by molar-refractivity contribution is 5.94. The van der Waals surface area contributed by atoms with Crippen molar-refractivity contribution in [3.05, 3.63) is 17.0 Å². The summed E-state index contributed by atoms with van der Waals surface area (Å²) in [5.41, 5.74) is 2.35. The van der Waals surface area contributed by atoms with Gasteiger partial charge in [-0.2, -0.15) is 5.10 Å². The zero-order valence-corrected chi connectivity index (χ0v) is 16.0. The van der Waals surface area contributed by atoms with Gasteiger partial charge in [0.1, 0.15) is 0 Å². The smallest absolute Gasteiger partial charge is 0.272 e. The van der Waals surface area contributed by atoms with Crippen molar-refractivity contribution in [3.63, 3.8) is 0 Å². The van der Waals surface area contributed by atoms with Crippen LogP contribution in [-0.4, -0.2) is 51.2 Å². The van der Waals surface area contributed by atoms with E-state index in [1.54, 1.807) is 0 Å². The van der Waals surface area contributed by atoms with Crippen LogP contribution in [0.2, 0.25) is 0 Å². The Labute approximate surface area is 159 Å². The van der Waals surface area contributed by atoms with Crippen molar-refractivity contribution >= 4 is 11.8 Å². The van der Waals surface area contributed by atoms with E-state index < -0.39 is 0 Å². The van der Waals surface area contributed by atoms with Crippen LogP contribution in [0.5, 0.6) is 0 Å². The number of piperidine rings is 1. The molecule has 146 valence electrons. The third kappa shape index (κ3) is 3.37. The second-order valence-corrected chi connectivity index (χ2v) is 8.82. The van der Waals surface area contributed by atoms with Gasteiger partial charge < -0.3 is 15.0 Å². The number of nitrogens with zero attached hydrogens (tertiary/aromatic N) is 3. The molecule has 1 saturated heterocycles. The number of ether oxygens (including phenoxy) is 1. The summed E-state index contributed by atoms with van der Waals surface area (Å²) in [5, 5.41) is 7.52. The predicted molar refractivity (Wildman–Crippen MR) is 98.1 cm³/mol. The topological polar surface area (TPSA) is 76.5 Å². The van der Waals surface area contributed by atoms with Gasteiger partial charge in [0.05, 0.1) is 12.2 Å². The summed E-state index contributed by atoms with van der Waals surface area (Å²) in [6.45, 7) is 1.98. The number of rotatable bonds is 4. The van der Waals surface area contributed by atoms with Crippen LogP contribution in [0.4, 0.5) is 0 Å². The maximum Gasteiger partial charge on any atom is 0.272 e. The van der Waals surface area contributed by atoms with Crippen LogP contribution >= 0.6 is 0 Å². The molecule has 7 heteroatoms. The molecule has 4 aliphatic rings. The Morgan fingerprint density at radius 3 is 2.63 bits per heavy atom. The molecule has 2 saturated carbocycles. The lowest BCUT2D eigenvalue weighted by Gasteiger charge is -2.44. The number of hydrogen-bond acceptors (Lipinski definition) is 4. The van der Waals surface area contributed by atoms with Gasteiger partial charge in [-0.1, -0.05) is 0 Å². The molecule has 1 aromatic rings. The van der Waals surface area contributed by atoms with Gasteiger partial charge >= 0.3 is 0 Å². The number of aryl methyl sites for hydroxylation is 1. The molecule has 5 rings (SSSR count). The minimum atomic E-state index is -0.221. The first-order valence-corrected chi connectivity index (χ1v) is 10.3. The van der Waals surface area contributed by atoms with Crippen molar-refractivity contribution in [1.29, 1.82) is 0 Å². The monoisotopic (exact) mass is 372 g/mol. The molecular weight excluding hydrogens is 344 g/mol. The first-order valence-electron chi connectivity index (χ1n) is 10.3. The van der Waals surface area contributed by atoms with Crippen molar-refractivity contribution in [2.24, 2.45) is 13.0 Å². The Kier molecular flexibility index (Phi) is 4.04. The normalized spacial score (nSPS) is 24.0. The van der Waals surface area contributed by atoms with E-state index >= 15 is 0 Å². The summed E-state index contributed by atoms with van der Waals surface area (Å²) in [6.07, 6.45) is 7.77. The zero-order chi connectivity index (χ0) is 18.6. The number of carbonyl (C=O) groups is 2. The molecule has 2 amide bonds. The number of amides is 2. The number of likely N-dealkylation sites (tertiary alicyclic amines) is 1. The first kappa shape index (κ1) is 17.2. The summed E-state index contributed by atoms with van der Waals surface area (Å²) < 4.78 is 8.16. The third-order valence-electron chi connectivity index (χ3n) is 6.60. The molecule has 0 radical (unpaired) electrons. The Bertz CT molecular complexity index is 770. The molecular formula is C20H28N4O3. The van der Waals surface area contributed by atoms with Crippen molar-refractivity contribution in [3.8, 4) is 0 Å². The fraction of sp³-hybridized carbons (Fsp3) is 0.750. The molecule has 3 fully saturated rings. The van der Waals surface area contributed by atoms with E-state index in [1.807, 2.05) is 16.6 Å². The van der Waals surface area contributed by atoms with Gasteiger partial charge in [0.15, 0.2) is 5.69 Å².